The van der Waals surface area contributed by atoms with Crippen molar-refractivity contribution < 1.29 is 4.79 Å². The Bertz CT molecular complexity index is 584. The van der Waals surface area contributed by atoms with Gasteiger partial charge in [-0.1, -0.05) is 0 Å². The van der Waals surface area contributed by atoms with E-state index in [0.717, 1.165) is 62.1 Å². The van der Waals surface area contributed by atoms with Crippen molar-refractivity contribution in [3.8, 4) is 0 Å². The molecule has 1 aromatic heterocycles. The van der Waals surface area contributed by atoms with Gasteiger partial charge in [-0.15, -0.1) is 11.3 Å². The number of guanidine groups is 1. The molecular weight excluding hydrogens is 322 g/mol. The number of amides is 1. The van der Waals surface area contributed by atoms with Crippen LogP contribution >= 0.6 is 11.3 Å². The molecule has 0 spiro atoms. The van der Waals surface area contributed by atoms with Crippen LogP contribution in [0.1, 0.15) is 41.8 Å². The number of nitrogens with zero attached hydrogens (tertiary/aromatic N) is 3. The summed E-state index contributed by atoms with van der Waals surface area (Å²) in [5.74, 6) is 1.08. The van der Waals surface area contributed by atoms with Crippen molar-refractivity contribution >= 4 is 23.2 Å². The average Bonchev–Trinajstić information content (AvgIpc) is 2.84. The molecule has 0 bridgehead atoms. The van der Waals surface area contributed by atoms with Crippen LogP contribution in [0.5, 0.6) is 0 Å². The van der Waals surface area contributed by atoms with Crippen molar-refractivity contribution in [1.29, 1.82) is 0 Å². The van der Waals surface area contributed by atoms with Gasteiger partial charge in [0, 0.05) is 43.9 Å². The van der Waals surface area contributed by atoms with E-state index in [0.29, 0.717) is 12.3 Å². The lowest BCUT2D eigenvalue weighted by molar-refractivity contribution is -0.119. The molecule has 2 heterocycles. The van der Waals surface area contributed by atoms with Crippen molar-refractivity contribution in [1.82, 2.24) is 15.2 Å². The van der Waals surface area contributed by atoms with Crippen molar-refractivity contribution in [2.45, 2.75) is 46.5 Å². The number of nitrogens with one attached hydrogen (secondary N) is 1. The molecule has 0 aliphatic carbocycles. The SMILES string of the molecule is CCNC(=NCCc1sc(C)nc1C)N1CCCC(CC(N)=O)C1. The summed E-state index contributed by atoms with van der Waals surface area (Å²) in [6.45, 7) is 9.62. The minimum absolute atomic E-state index is 0.208. The maximum absolute atomic E-state index is 11.2. The summed E-state index contributed by atoms with van der Waals surface area (Å²) in [5.41, 5.74) is 6.48. The number of hydrogen-bond acceptors (Lipinski definition) is 4. The fourth-order valence-corrected chi connectivity index (χ4v) is 4.13. The number of aromatic nitrogens is 1. The van der Waals surface area contributed by atoms with Gasteiger partial charge in [0.15, 0.2) is 5.96 Å². The highest BCUT2D eigenvalue weighted by molar-refractivity contribution is 7.11. The Kier molecular flexibility index (Phi) is 7.02. The second-order valence-corrected chi connectivity index (χ2v) is 7.64. The van der Waals surface area contributed by atoms with E-state index < -0.39 is 0 Å². The van der Waals surface area contributed by atoms with Gasteiger partial charge in [-0.3, -0.25) is 9.79 Å². The van der Waals surface area contributed by atoms with E-state index >= 15 is 0 Å². The number of aliphatic imine (C=N–C) groups is 1. The van der Waals surface area contributed by atoms with E-state index in [9.17, 15) is 4.79 Å². The second kappa shape index (κ2) is 9.01. The zero-order valence-corrected chi connectivity index (χ0v) is 15.8. The first kappa shape index (κ1) is 18.7. The molecule has 0 saturated carbocycles. The molecule has 1 aliphatic rings. The quantitative estimate of drug-likeness (QED) is 0.605. The van der Waals surface area contributed by atoms with Crippen LogP contribution in [0.2, 0.25) is 0 Å². The number of rotatable bonds is 6. The highest BCUT2D eigenvalue weighted by Crippen LogP contribution is 2.20. The predicted octanol–water partition coefficient (Wildman–Crippen LogP) is 1.86. The van der Waals surface area contributed by atoms with E-state index in [1.54, 1.807) is 11.3 Å². The van der Waals surface area contributed by atoms with Crippen molar-refractivity contribution in [2.75, 3.05) is 26.2 Å². The Morgan fingerprint density at radius 3 is 2.92 bits per heavy atom. The van der Waals surface area contributed by atoms with Gasteiger partial charge in [0.25, 0.3) is 0 Å². The number of nitrogens with two attached hydrogens (primary N) is 1. The zero-order valence-electron chi connectivity index (χ0n) is 15.0. The van der Waals surface area contributed by atoms with E-state index in [1.165, 1.54) is 4.88 Å². The third kappa shape index (κ3) is 5.47. The van der Waals surface area contributed by atoms with Gasteiger partial charge < -0.3 is 16.0 Å². The fourth-order valence-electron chi connectivity index (χ4n) is 3.20. The highest BCUT2D eigenvalue weighted by Gasteiger charge is 2.23. The zero-order chi connectivity index (χ0) is 17.5. The average molecular weight is 352 g/mol. The molecule has 1 aliphatic heterocycles. The Morgan fingerprint density at radius 1 is 1.50 bits per heavy atom. The highest BCUT2D eigenvalue weighted by atomic mass is 32.1. The van der Waals surface area contributed by atoms with Gasteiger partial charge in [-0.2, -0.15) is 0 Å². The van der Waals surface area contributed by atoms with Crippen molar-refractivity contribution in [3.63, 3.8) is 0 Å². The summed E-state index contributed by atoms with van der Waals surface area (Å²) in [5, 5.41) is 4.49. The maximum Gasteiger partial charge on any atom is 0.217 e. The number of hydrogen-bond donors (Lipinski definition) is 2. The van der Waals surface area contributed by atoms with Crippen LogP contribution in [-0.2, 0) is 11.2 Å². The predicted molar refractivity (Wildman–Crippen MR) is 99.4 cm³/mol. The Labute approximate surface area is 148 Å². The topological polar surface area (TPSA) is 83.6 Å². The van der Waals surface area contributed by atoms with E-state index in [1.807, 2.05) is 6.92 Å². The number of likely N-dealkylation sites (tertiary alicyclic amines) is 1. The second-order valence-electron chi connectivity index (χ2n) is 6.35. The largest absolute Gasteiger partial charge is 0.370 e. The van der Waals surface area contributed by atoms with E-state index in [2.05, 4.69) is 29.0 Å². The number of aryl methyl sites for hydroxylation is 2. The normalized spacial score (nSPS) is 18.7. The minimum atomic E-state index is -0.208. The van der Waals surface area contributed by atoms with Crippen LogP contribution in [-0.4, -0.2) is 47.9 Å². The molecule has 1 saturated heterocycles. The molecule has 7 heteroatoms. The van der Waals surface area contributed by atoms with Gasteiger partial charge in [0.2, 0.25) is 5.91 Å². The first-order valence-corrected chi connectivity index (χ1v) is 9.55. The minimum Gasteiger partial charge on any atom is -0.370 e. The summed E-state index contributed by atoms with van der Waals surface area (Å²) in [6, 6.07) is 0. The van der Waals surface area contributed by atoms with Gasteiger partial charge in [0.1, 0.15) is 0 Å². The van der Waals surface area contributed by atoms with Crippen molar-refractivity contribution in [3.05, 3.63) is 15.6 Å². The van der Waals surface area contributed by atoms with E-state index in [4.69, 9.17) is 10.7 Å². The molecule has 1 unspecified atom stereocenters. The summed E-state index contributed by atoms with van der Waals surface area (Å²) in [4.78, 5) is 24.0. The van der Waals surface area contributed by atoms with Gasteiger partial charge in [-0.05, 0) is 39.5 Å². The first-order valence-electron chi connectivity index (χ1n) is 8.74. The van der Waals surface area contributed by atoms with E-state index in [-0.39, 0.29) is 5.91 Å². The third-order valence-corrected chi connectivity index (χ3v) is 5.38. The van der Waals surface area contributed by atoms with Gasteiger partial charge in [0.05, 0.1) is 10.7 Å². The standard InChI is InChI=1S/C17H29N5OS/c1-4-19-17(20-8-7-15-12(2)21-13(3)24-15)22-9-5-6-14(11-22)10-16(18)23/h14H,4-11H2,1-3H3,(H2,18,23)(H,19,20). The monoisotopic (exact) mass is 351 g/mol. The van der Waals surface area contributed by atoms with Gasteiger partial charge in [-0.25, -0.2) is 4.98 Å². The molecule has 0 radical (unpaired) electrons. The van der Waals surface area contributed by atoms with Crippen LogP contribution in [0.15, 0.2) is 4.99 Å². The molecule has 1 aromatic rings. The van der Waals surface area contributed by atoms with Crippen molar-refractivity contribution in [2.24, 2.45) is 16.6 Å². The Morgan fingerprint density at radius 2 is 2.29 bits per heavy atom. The molecule has 24 heavy (non-hydrogen) atoms. The number of thiazole rings is 1. The Hall–Kier alpha value is -1.63. The third-order valence-electron chi connectivity index (χ3n) is 4.24. The molecule has 1 atom stereocenters. The van der Waals surface area contributed by atoms with Crippen LogP contribution < -0.4 is 11.1 Å². The molecule has 3 N–H and O–H groups in total. The number of carbonyl (C=O) groups excluding carboxylic acids is 1. The van der Waals surface area contributed by atoms with Crippen LogP contribution in [0.4, 0.5) is 0 Å². The number of piperidine rings is 1. The van der Waals surface area contributed by atoms with Gasteiger partial charge >= 0.3 is 0 Å². The number of primary amides is 1. The summed E-state index contributed by atoms with van der Waals surface area (Å²) in [6.07, 6.45) is 3.54. The fraction of sp³-hybridized carbons (Fsp3) is 0.706. The summed E-state index contributed by atoms with van der Waals surface area (Å²) in [7, 11) is 0. The molecule has 134 valence electrons. The molecule has 6 nitrogen and oxygen atoms in total. The number of carbonyl (C=O) groups is 1. The summed E-state index contributed by atoms with van der Waals surface area (Å²) >= 11 is 1.76. The lowest BCUT2D eigenvalue weighted by Gasteiger charge is -2.34. The Balaban J connectivity index is 1.96. The molecular formula is C17H29N5OS. The van der Waals surface area contributed by atoms with Crippen LogP contribution in [0.3, 0.4) is 0 Å². The molecule has 2 rings (SSSR count). The van der Waals surface area contributed by atoms with Crippen LogP contribution in [0.25, 0.3) is 0 Å². The lowest BCUT2D eigenvalue weighted by Crippen LogP contribution is -2.47. The molecule has 0 aromatic carbocycles. The molecule has 1 fully saturated rings. The maximum atomic E-state index is 11.2. The summed E-state index contributed by atoms with van der Waals surface area (Å²) < 4.78 is 0. The molecule has 1 amide bonds. The lowest BCUT2D eigenvalue weighted by atomic mass is 9.95. The van der Waals surface area contributed by atoms with Crippen LogP contribution in [0, 0.1) is 19.8 Å². The first-order chi connectivity index (χ1) is 11.5. The smallest absolute Gasteiger partial charge is 0.217 e.